The first-order valence-corrected chi connectivity index (χ1v) is 9.66. The van der Waals surface area contributed by atoms with Gasteiger partial charge in [-0.2, -0.15) is 0 Å². The number of hydrogen-bond acceptors (Lipinski definition) is 5. The zero-order valence-electron chi connectivity index (χ0n) is 14.6. The van der Waals surface area contributed by atoms with Crippen molar-refractivity contribution in [3.8, 4) is 5.75 Å². The molecule has 1 aliphatic rings. The van der Waals surface area contributed by atoms with Crippen LogP contribution in [0.4, 0.5) is 9.52 Å². The van der Waals surface area contributed by atoms with Crippen LogP contribution in [0.1, 0.15) is 12.8 Å². The molecule has 2 aromatic carbocycles. The Labute approximate surface area is 160 Å². The van der Waals surface area contributed by atoms with Crippen LogP contribution < -0.4 is 9.64 Å². The Morgan fingerprint density at radius 1 is 1.26 bits per heavy atom. The molecule has 0 aliphatic carbocycles. The summed E-state index contributed by atoms with van der Waals surface area (Å²) in [6, 6.07) is 13.4. The smallest absolute Gasteiger partial charge is 0.266 e. The van der Waals surface area contributed by atoms with Crippen molar-refractivity contribution in [1.82, 2.24) is 4.98 Å². The van der Waals surface area contributed by atoms with E-state index in [1.165, 1.54) is 35.6 Å². The number of fused-ring (bicyclic) bond motifs is 1. The summed E-state index contributed by atoms with van der Waals surface area (Å²) in [5.41, 5.74) is 0.863. The first kappa shape index (κ1) is 17.9. The molecule has 1 amide bonds. The predicted octanol–water partition coefficient (Wildman–Crippen LogP) is 4.03. The topological polar surface area (TPSA) is 51.7 Å². The first-order chi connectivity index (χ1) is 13.2. The number of nitrogens with zero attached hydrogens (tertiary/aromatic N) is 2. The molecular formula is C20H19FN2O3S. The minimum absolute atomic E-state index is 0.00628. The number of ether oxygens (including phenoxy) is 2. The number of benzene rings is 2. The number of aromatic nitrogens is 1. The van der Waals surface area contributed by atoms with E-state index in [0.29, 0.717) is 17.4 Å². The van der Waals surface area contributed by atoms with Crippen LogP contribution in [0.2, 0.25) is 0 Å². The lowest BCUT2D eigenvalue weighted by molar-refractivity contribution is -0.120. The maximum absolute atomic E-state index is 13.0. The van der Waals surface area contributed by atoms with E-state index >= 15 is 0 Å². The third-order valence-electron chi connectivity index (χ3n) is 4.40. The minimum atomic E-state index is -0.344. The van der Waals surface area contributed by atoms with Crippen molar-refractivity contribution in [1.29, 1.82) is 0 Å². The second kappa shape index (κ2) is 8.02. The highest BCUT2D eigenvalue weighted by Crippen LogP contribution is 2.30. The lowest BCUT2D eigenvalue weighted by Gasteiger charge is -2.23. The van der Waals surface area contributed by atoms with Crippen molar-refractivity contribution < 1.29 is 18.7 Å². The van der Waals surface area contributed by atoms with Gasteiger partial charge in [0.05, 0.1) is 22.9 Å². The summed E-state index contributed by atoms with van der Waals surface area (Å²) < 4.78 is 25.3. The van der Waals surface area contributed by atoms with E-state index in [1.807, 2.05) is 24.3 Å². The van der Waals surface area contributed by atoms with Crippen molar-refractivity contribution in [3.63, 3.8) is 0 Å². The monoisotopic (exact) mass is 386 g/mol. The van der Waals surface area contributed by atoms with Gasteiger partial charge >= 0.3 is 0 Å². The highest BCUT2D eigenvalue weighted by Gasteiger charge is 2.26. The molecule has 1 atom stereocenters. The van der Waals surface area contributed by atoms with Gasteiger partial charge in [0.25, 0.3) is 5.91 Å². The molecule has 140 valence electrons. The lowest BCUT2D eigenvalue weighted by Crippen LogP contribution is -2.40. The molecule has 1 saturated heterocycles. The summed E-state index contributed by atoms with van der Waals surface area (Å²) in [5.74, 6) is -0.0943. The summed E-state index contributed by atoms with van der Waals surface area (Å²) in [7, 11) is 0. The van der Waals surface area contributed by atoms with Gasteiger partial charge in [-0.15, -0.1) is 0 Å². The van der Waals surface area contributed by atoms with Crippen LogP contribution in [0.25, 0.3) is 10.2 Å². The van der Waals surface area contributed by atoms with Crippen LogP contribution in [-0.4, -0.2) is 36.8 Å². The summed E-state index contributed by atoms with van der Waals surface area (Å²) >= 11 is 1.47. The molecule has 1 unspecified atom stereocenters. The number of carbonyl (C=O) groups excluding carboxylic acids is 1. The minimum Gasteiger partial charge on any atom is -0.484 e. The molecule has 1 fully saturated rings. The summed E-state index contributed by atoms with van der Waals surface area (Å²) in [4.78, 5) is 19.1. The van der Waals surface area contributed by atoms with Crippen molar-refractivity contribution in [2.24, 2.45) is 0 Å². The van der Waals surface area contributed by atoms with Gasteiger partial charge in [0.1, 0.15) is 11.6 Å². The number of rotatable bonds is 6. The van der Waals surface area contributed by atoms with Crippen LogP contribution in [0.3, 0.4) is 0 Å². The number of carbonyl (C=O) groups is 1. The van der Waals surface area contributed by atoms with Crippen molar-refractivity contribution in [3.05, 3.63) is 54.3 Å². The molecule has 27 heavy (non-hydrogen) atoms. The summed E-state index contributed by atoms with van der Waals surface area (Å²) in [6.45, 7) is 1.03. The number of halogens is 1. The molecular weight excluding hydrogens is 367 g/mol. The number of hydrogen-bond donors (Lipinski definition) is 0. The number of para-hydroxylation sites is 1. The SMILES string of the molecule is O=C(COc1ccc(F)cc1)N(CC1CCCO1)c1nc2ccccc2s1. The second-order valence-electron chi connectivity index (χ2n) is 6.35. The Kier molecular flexibility index (Phi) is 5.31. The number of amides is 1. The van der Waals surface area contributed by atoms with Crippen LogP contribution in [0.15, 0.2) is 48.5 Å². The van der Waals surface area contributed by atoms with Gasteiger partial charge in [-0.3, -0.25) is 9.69 Å². The van der Waals surface area contributed by atoms with E-state index in [4.69, 9.17) is 9.47 Å². The van der Waals surface area contributed by atoms with Crippen LogP contribution >= 0.6 is 11.3 Å². The van der Waals surface area contributed by atoms with Gasteiger partial charge in [-0.1, -0.05) is 23.5 Å². The maximum Gasteiger partial charge on any atom is 0.266 e. The van der Waals surface area contributed by atoms with E-state index in [-0.39, 0.29) is 24.4 Å². The molecule has 5 nitrogen and oxygen atoms in total. The average Bonchev–Trinajstić information content (AvgIpc) is 3.34. The Balaban J connectivity index is 1.52. The van der Waals surface area contributed by atoms with Crippen molar-refractivity contribution >= 4 is 32.6 Å². The largest absolute Gasteiger partial charge is 0.484 e. The summed E-state index contributed by atoms with van der Waals surface area (Å²) in [5, 5.41) is 0.638. The Morgan fingerprint density at radius 3 is 2.81 bits per heavy atom. The van der Waals surface area contributed by atoms with Crippen LogP contribution in [0, 0.1) is 5.82 Å². The molecule has 0 radical (unpaired) electrons. The van der Waals surface area contributed by atoms with E-state index in [2.05, 4.69) is 4.98 Å². The standard InChI is InChI=1S/C20H19FN2O3S/c21-14-7-9-15(10-8-14)26-13-19(24)23(12-16-4-3-11-25-16)20-22-17-5-1-2-6-18(17)27-20/h1-2,5-10,16H,3-4,11-13H2. The van der Waals surface area contributed by atoms with Gasteiger partial charge in [-0.05, 0) is 49.2 Å². The molecule has 0 spiro atoms. The van der Waals surface area contributed by atoms with Gasteiger partial charge in [0.15, 0.2) is 11.7 Å². The van der Waals surface area contributed by atoms with Crippen molar-refractivity contribution in [2.75, 3.05) is 24.7 Å². The molecule has 1 aromatic heterocycles. The fraction of sp³-hybridized carbons (Fsp3) is 0.300. The van der Waals surface area contributed by atoms with Gasteiger partial charge in [0, 0.05) is 6.61 Å². The van der Waals surface area contributed by atoms with Crippen LogP contribution in [-0.2, 0) is 9.53 Å². The molecule has 4 rings (SSSR count). The molecule has 1 aliphatic heterocycles. The normalized spacial score (nSPS) is 16.6. The van der Waals surface area contributed by atoms with E-state index in [0.717, 1.165) is 29.7 Å². The van der Waals surface area contributed by atoms with E-state index in [1.54, 1.807) is 4.90 Å². The average molecular weight is 386 g/mol. The fourth-order valence-corrected chi connectivity index (χ4v) is 4.00. The zero-order chi connectivity index (χ0) is 18.6. The van der Waals surface area contributed by atoms with E-state index < -0.39 is 0 Å². The summed E-state index contributed by atoms with van der Waals surface area (Å²) in [6.07, 6.45) is 1.93. The van der Waals surface area contributed by atoms with E-state index in [9.17, 15) is 9.18 Å². The lowest BCUT2D eigenvalue weighted by atomic mass is 10.2. The fourth-order valence-electron chi connectivity index (χ4n) is 3.01. The second-order valence-corrected chi connectivity index (χ2v) is 7.36. The third kappa shape index (κ3) is 4.26. The molecule has 0 bridgehead atoms. The highest BCUT2D eigenvalue weighted by molar-refractivity contribution is 7.22. The van der Waals surface area contributed by atoms with Crippen molar-refractivity contribution in [2.45, 2.75) is 18.9 Å². The quantitative estimate of drug-likeness (QED) is 0.642. The zero-order valence-corrected chi connectivity index (χ0v) is 15.5. The first-order valence-electron chi connectivity index (χ1n) is 8.85. The molecule has 0 N–H and O–H groups in total. The molecule has 7 heteroatoms. The predicted molar refractivity (Wildman–Crippen MR) is 103 cm³/mol. The number of anilines is 1. The van der Waals surface area contributed by atoms with Gasteiger partial charge in [0.2, 0.25) is 0 Å². The molecule has 2 heterocycles. The third-order valence-corrected chi connectivity index (χ3v) is 5.46. The molecule has 3 aromatic rings. The Hall–Kier alpha value is -2.51. The number of thiazole rings is 1. The van der Waals surface area contributed by atoms with Gasteiger partial charge < -0.3 is 9.47 Å². The maximum atomic E-state index is 13.0. The van der Waals surface area contributed by atoms with Gasteiger partial charge in [-0.25, -0.2) is 9.37 Å². The van der Waals surface area contributed by atoms with Crippen LogP contribution in [0.5, 0.6) is 5.75 Å². The Bertz CT molecular complexity index is 889. The molecule has 0 saturated carbocycles. The Morgan fingerprint density at radius 2 is 2.07 bits per heavy atom. The highest BCUT2D eigenvalue weighted by atomic mass is 32.1.